The van der Waals surface area contributed by atoms with E-state index >= 15 is 0 Å². The number of aryl methyl sites for hydroxylation is 1. The van der Waals surface area contributed by atoms with Gasteiger partial charge in [0.15, 0.2) is 5.71 Å². The maximum atomic E-state index is 12.9. The third-order valence-electron chi connectivity index (χ3n) is 4.19. The molecule has 0 fully saturated rings. The number of benzene rings is 2. The molecule has 0 N–H and O–H groups in total. The van der Waals surface area contributed by atoms with Crippen LogP contribution < -0.4 is 10.0 Å². The van der Waals surface area contributed by atoms with Crippen LogP contribution in [0.4, 0.5) is 18.9 Å². The number of rotatable bonds is 9. The summed E-state index contributed by atoms with van der Waals surface area (Å²) >= 11 is 5.95. The molecule has 0 heterocycles. The Kier molecular flexibility index (Phi) is 9.01. The van der Waals surface area contributed by atoms with Gasteiger partial charge in [0.1, 0.15) is 17.2 Å². The van der Waals surface area contributed by atoms with Crippen molar-refractivity contribution in [3.63, 3.8) is 0 Å². The SMILES string of the molecule is CCOC(=O)C(C)=NO[PH](=O)c1cc(Oc2ccc(C(F)(F)F)cc2Cl)c(CC)cc1N=O. The lowest BCUT2D eigenvalue weighted by atomic mass is 10.1. The van der Waals surface area contributed by atoms with Crippen LogP contribution in [0.25, 0.3) is 0 Å². The van der Waals surface area contributed by atoms with Gasteiger partial charge < -0.3 is 14.1 Å². The maximum Gasteiger partial charge on any atom is 0.416 e. The van der Waals surface area contributed by atoms with Crippen LogP contribution in [0.15, 0.2) is 40.7 Å². The molecule has 2 aromatic carbocycles. The first-order valence-electron chi connectivity index (χ1n) is 9.49. The van der Waals surface area contributed by atoms with Crippen molar-refractivity contribution in [2.75, 3.05) is 6.61 Å². The second kappa shape index (κ2) is 11.3. The molecular formula is C20H19ClF3N2O6P. The summed E-state index contributed by atoms with van der Waals surface area (Å²) in [4.78, 5) is 22.9. The first kappa shape index (κ1) is 26.3. The number of nitrogens with zero attached hydrogens (tertiary/aromatic N) is 2. The van der Waals surface area contributed by atoms with E-state index in [0.717, 1.165) is 12.1 Å². The van der Waals surface area contributed by atoms with Crippen LogP contribution in [0.5, 0.6) is 11.5 Å². The van der Waals surface area contributed by atoms with Crippen LogP contribution in [0.2, 0.25) is 5.02 Å². The highest BCUT2D eigenvalue weighted by atomic mass is 35.5. The lowest BCUT2D eigenvalue weighted by molar-refractivity contribution is -0.137. The Hall–Kier alpha value is -2.91. The highest BCUT2D eigenvalue weighted by Crippen LogP contribution is 2.39. The van der Waals surface area contributed by atoms with Gasteiger partial charge in [-0.3, -0.25) is 4.57 Å². The Labute approximate surface area is 192 Å². The van der Waals surface area contributed by atoms with Gasteiger partial charge in [-0.2, -0.15) is 13.2 Å². The summed E-state index contributed by atoms with van der Waals surface area (Å²) in [5.74, 6) is -0.785. The smallest absolute Gasteiger partial charge is 0.416 e. The number of nitroso groups, excluding NO2 is 1. The fraction of sp³-hybridized carbons (Fsp3) is 0.300. The molecule has 1 unspecified atom stereocenters. The van der Waals surface area contributed by atoms with Gasteiger partial charge in [0, 0.05) is 0 Å². The Morgan fingerprint density at radius 2 is 1.85 bits per heavy atom. The van der Waals surface area contributed by atoms with Gasteiger partial charge in [0.05, 0.1) is 22.5 Å². The first-order chi connectivity index (χ1) is 15.5. The number of carbonyl (C=O) groups excluding carboxylic acids is 1. The molecular weight excluding hydrogens is 488 g/mol. The molecule has 0 amide bonds. The number of ether oxygens (including phenoxy) is 2. The van der Waals surface area contributed by atoms with Crippen LogP contribution in [0.1, 0.15) is 31.9 Å². The van der Waals surface area contributed by atoms with Crippen LogP contribution in [-0.2, 0) is 31.3 Å². The molecule has 2 rings (SSSR count). The van der Waals surface area contributed by atoms with Gasteiger partial charge in [0.2, 0.25) is 0 Å². The number of esters is 1. The number of carbonyl (C=O) groups is 1. The molecule has 0 spiro atoms. The van der Waals surface area contributed by atoms with E-state index in [2.05, 4.69) is 10.3 Å². The molecule has 0 aliphatic carbocycles. The van der Waals surface area contributed by atoms with Crippen molar-refractivity contribution in [1.82, 2.24) is 0 Å². The summed E-state index contributed by atoms with van der Waals surface area (Å²) < 4.78 is 66.5. The molecule has 0 aliphatic rings. The minimum atomic E-state index is -4.58. The Morgan fingerprint density at radius 1 is 1.15 bits per heavy atom. The Balaban J connectivity index is 2.40. The van der Waals surface area contributed by atoms with E-state index in [1.807, 2.05) is 0 Å². The number of oxime groups is 1. The third kappa shape index (κ3) is 6.79. The van der Waals surface area contributed by atoms with E-state index in [1.54, 1.807) is 13.8 Å². The second-order valence-electron chi connectivity index (χ2n) is 6.44. The molecule has 0 bridgehead atoms. The Morgan fingerprint density at radius 3 is 2.39 bits per heavy atom. The van der Waals surface area contributed by atoms with Crippen molar-refractivity contribution in [2.45, 2.75) is 33.4 Å². The zero-order chi connectivity index (χ0) is 24.8. The highest BCUT2D eigenvalue weighted by molar-refractivity contribution is 7.48. The molecule has 178 valence electrons. The monoisotopic (exact) mass is 506 g/mol. The van der Waals surface area contributed by atoms with Crippen molar-refractivity contribution in [2.24, 2.45) is 10.3 Å². The second-order valence-corrected chi connectivity index (χ2v) is 8.15. The predicted molar refractivity (Wildman–Crippen MR) is 117 cm³/mol. The average Bonchev–Trinajstić information content (AvgIpc) is 2.77. The van der Waals surface area contributed by atoms with Crippen molar-refractivity contribution >= 4 is 42.3 Å². The highest BCUT2D eigenvalue weighted by Gasteiger charge is 2.31. The summed E-state index contributed by atoms with van der Waals surface area (Å²) in [5, 5.41) is 5.84. The average molecular weight is 507 g/mol. The van der Waals surface area contributed by atoms with E-state index in [9.17, 15) is 27.4 Å². The molecule has 2 aromatic rings. The van der Waals surface area contributed by atoms with Crippen LogP contribution in [0.3, 0.4) is 0 Å². The first-order valence-corrected chi connectivity index (χ1v) is 11.2. The van der Waals surface area contributed by atoms with Crippen molar-refractivity contribution < 1.29 is 36.6 Å². The van der Waals surface area contributed by atoms with Crippen LogP contribution in [-0.4, -0.2) is 18.3 Å². The number of halogens is 4. The fourth-order valence-corrected chi connectivity index (χ4v) is 3.65. The Bertz CT molecular complexity index is 1110. The lowest BCUT2D eigenvalue weighted by Crippen LogP contribution is -2.14. The maximum absolute atomic E-state index is 12.9. The summed E-state index contributed by atoms with van der Waals surface area (Å²) in [7, 11) is -3.23. The van der Waals surface area contributed by atoms with E-state index in [0.29, 0.717) is 18.1 Å². The molecule has 1 atom stereocenters. The largest absolute Gasteiger partial charge is 0.461 e. The number of alkyl halides is 3. The molecule has 33 heavy (non-hydrogen) atoms. The predicted octanol–water partition coefficient (Wildman–Crippen LogP) is 6.17. The molecule has 8 nitrogen and oxygen atoms in total. The minimum absolute atomic E-state index is 0.0783. The minimum Gasteiger partial charge on any atom is -0.461 e. The van der Waals surface area contributed by atoms with Crippen molar-refractivity contribution in [3.8, 4) is 11.5 Å². The van der Waals surface area contributed by atoms with Gasteiger partial charge in [-0.05, 0) is 61.3 Å². The zero-order valence-corrected chi connectivity index (χ0v) is 19.4. The number of hydrogen-bond donors (Lipinski definition) is 0. The molecule has 13 heteroatoms. The van der Waals surface area contributed by atoms with Gasteiger partial charge in [0.25, 0.3) is 8.03 Å². The van der Waals surface area contributed by atoms with Crippen molar-refractivity contribution in [1.29, 1.82) is 0 Å². The number of hydrogen-bond acceptors (Lipinski definition) is 8. The standard InChI is InChI=1S/C20H19ClF3N2O6P/c1-4-12-8-15(25-28)18(33(29)32-26-11(3)19(27)30-5-2)10-17(12)31-16-7-6-13(9-14(16)21)20(22,23)24/h6-10,33H,4-5H2,1-3H3. The van der Waals surface area contributed by atoms with Crippen LogP contribution >= 0.6 is 19.6 Å². The van der Waals surface area contributed by atoms with Gasteiger partial charge in [-0.1, -0.05) is 23.7 Å². The molecule has 0 radical (unpaired) electrons. The summed E-state index contributed by atoms with van der Waals surface area (Å²) in [6.45, 7) is 4.72. The zero-order valence-electron chi connectivity index (χ0n) is 17.7. The normalized spacial score (nSPS) is 12.8. The van der Waals surface area contributed by atoms with Gasteiger partial charge >= 0.3 is 12.1 Å². The molecule has 0 aromatic heterocycles. The van der Waals surface area contributed by atoms with E-state index in [4.69, 9.17) is 25.7 Å². The van der Waals surface area contributed by atoms with E-state index < -0.39 is 25.7 Å². The van der Waals surface area contributed by atoms with Crippen molar-refractivity contribution in [3.05, 3.63) is 51.4 Å². The van der Waals surface area contributed by atoms with E-state index in [-0.39, 0.29) is 39.8 Å². The van der Waals surface area contributed by atoms with Gasteiger partial charge in [-0.15, -0.1) is 4.91 Å². The quantitative estimate of drug-likeness (QED) is 0.132. The third-order valence-corrected chi connectivity index (χ3v) is 5.59. The molecule has 0 saturated heterocycles. The summed E-state index contributed by atoms with van der Waals surface area (Å²) in [6, 6.07) is 5.07. The summed E-state index contributed by atoms with van der Waals surface area (Å²) in [6.07, 6.45) is -4.24. The molecule has 0 saturated carbocycles. The lowest BCUT2D eigenvalue weighted by Gasteiger charge is -2.15. The fourth-order valence-electron chi connectivity index (χ4n) is 2.53. The molecule has 0 aliphatic heterocycles. The topological polar surface area (TPSA) is 104 Å². The van der Waals surface area contributed by atoms with E-state index in [1.165, 1.54) is 19.1 Å². The van der Waals surface area contributed by atoms with Crippen LogP contribution in [0, 0.1) is 4.91 Å². The summed E-state index contributed by atoms with van der Waals surface area (Å²) in [5.41, 5.74) is -0.907. The van der Waals surface area contributed by atoms with Gasteiger partial charge in [-0.25, -0.2) is 4.79 Å².